The fraction of sp³-hybridized carbons (Fsp3) is 0.462. The molecule has 1 atom stereocenters. The molecule has 1 unspecified atom stereocenters. The normalized spacial score (nSPS) is 13.0. The van der Waals surface area contributed by atoms with Crippen molar-refractivity contribution in [2.24, 2.45) is 0 Å². The summed E-state index contributed by atoms with van der Waals surface area (Å²) in [6, 6.07) is 22.7. The van der Waals surface area contributed by atoms with Crippen LogP contribution in [0.4, 0.5) is 0 Å². The van der Waals surface area contributed by atoms with Gasteiger partial charge in [-0.05, 0) is 67.1 Å². The Labute approximate surface area is 179 Å². The summed E-state index contributed by atoms with van der Waals surface area (Å²) in [5, 5.41) is 0. The molecule has 0 radical (unpaired) electrons. The lowest BCUT2D eigenvalue weighted by atomic mass is 10.1. The van der Waals surface area contributed by atoms with E-state index in [0.29, 0.717) is 0 Å². The predicted molar refractivity (Wildman–Crippen MR) is 127 cm³/mol. The smallest absolute Gasteiger partial charge is 0.192 e. The van der Waals surface area contributed by atoms with Crippen LogP contribution in [-0.4, -0.2) is 15.4 Å². The van der Waals surface area contributed by atoms with Crippen molar-refractivity contribution >= 4 is 8.32 Å². The molecular weight excluding hydrogens is 372 g/mol. The van der Waals surface area contributed by atoms with Gasteiger partial charge in [0.25, 0.3) is 0 Å². The zero-order valence-corrected chi connectivity index (χ0v) is 19.7. The number of hydrogen-bond acceptors (Lipinski definition) is 2. The molecule has 2 aromatic rings. The van der Waals surface area contributed by atoms with Crippen LogP contribution in [0.5, 0.6) is 5.75 Å². The summed E-state index contributed by atoms with van der Waals surface area (Å²) in [5.41, 5.74) is 2.68. The van der Waals surface area contributed by atoms with Crippen molar-refractivity contribution in [1.82, 2.24) is 0 Å². The van der Waals surface area contributed by atoms with E-state index in [1.807, 2.05) is 12.1 Å². The van der Waals surface area contributed by atoms with Gasteiger partial charge in [-0.15, -0.1) is 0 Å². The third-order valence-electron chi connectivity index (χ3n) is 6.01. The Bertz CT molecular complexity index is 697. The van der Waals surface area contributed by atoms with E-state index in [1.165, 1.54) is 35.7 Å². The van der Waals surface area contributed by atoms with Crippen LogP contribution in [0.3, 0.4) is 0 Å². The lowest BCUT2D eigenvalue weighted by Crippen LogP contribution is -2.37. The van der Waals surface area contributed by atoms with Crippen molar-refractivity contribution < 1.29 is 9.16 Å². The van der Waals surface area contributed by atoms with Gasteiger partial charge in [0.2, 0.25) is 0 Å². The lowest BCUT2D eigenvalue weighted by molar-refractivity contribution is 0.193. The third kappa shape index (κ3) is 7.49. The zero-order chi connectivity index (χ0) is 21.0. The standard InChI is InChI=1S/C26H38O2Si/c1-5-29(6-2,7-3)28-26(24-19-21-25(27-4)22-20-24)18-14-9-8-11-15-23-16-12-10-13-17-23/h9-10,12-14,16-17,19-22,26H,5-8,11,15,18H2,1-4H3. The maximum absolute atomic E-state index is 6.87. The summed E-state index contributed by atoms with van der Waals surface area (Å²) in [4.78, 5) is 0. The van der Waals surface area contributed by atoms with Gasteiger partial charge < -0.3 is 9.16 Å². The molecule has 0 N–H and O–H groups in total. The Morgan fingerprint density at radius 1 is 0.862 bits per heavy atom. The second-order valence-electron chi connectivity index (χ2n) is 7.71. The van der Waals surface area contributed by atoms with Crippen LogP contribution in [0.15, 0.2) is 66.7 Å². The van der Waals surface area contributed by atoms with E-state index >= 15 is 0 Å². The summed E-state index contributed by atoms with van der Waals surface area (Å²) < 4.78 is 12.2. The maximum Gasteiger partial charge on any atom is 0.192 e. The molecule has 0 aliphatic rings. The van der Waals surface area contributed by atoms with Crippen LogP contribution in [0.25, 0.3) is 0 Å². The molecule has 0 saturated carbocycles. The monoisotopic (exact) mass is 410 g/mol. The molecule has 0 aliphatic carbocycles. The number of aryl methyl sites for hydroxylation is 1. The third-order valence-corrected chi connectivity index (χ3v) is 10.7. The molecule has 0 aliphatic heterocycles. The van der Waals surface area contributed by atoms with Crippen LogP contribution in [-0.2, 0) is 10.8 Å². The van der Waals surface area contributed by atoms with Gasteiger partial charge in [-0.2, -0.15) is 0 Å². The first-order chi connectivity index (χ1) is 14.2. The summed E-state index contributed by atoms with van der Waals surface area (Å²) in [6.07, 6.45) is 9.16. The summed E-state index contributed by atoms with van der Waals surface area (Å²) >= 11 is 0. The number of ether oxygens (including phenoxy) is 1. The van der Waals surface area contributed by atoms with Crippen LogP contribution in [0.1, 0.15) is 57.3 Å². The van der Waals surface area contributed by atoms with Crippen molar-refractivity contribution in [3.63, 3.8) is 0 Å². The fourth-order valence-electron chi connectivity index (χ4n) is 3.78. The minimum atomic E-state index is -1.67. The first-order valence-corrected chi connectivity index (χ1v) is 13.7. The Morgan fingerprint density at radius 2 is 1.52 bits per heavy atom. The second-order valence-corrected chi connectivity index (χ2v) is 12.4. The SMILES string of the molecule is CC[Si](CC)(CC)OC(CC=CCCCc1ccccc1)c1ccc(OC)cc1. The number of hydrogen-bond donors (Lipinski definition) is 0. The van der Waals surface area contributed by atoms with Gasteiger partial charge in [0.15, 0.2) is 8.32 Å². The Balaban J connectivity index is 1.98. The van der Waals surface area contributed by atoms with Gasteiger partial charge in [0.05, 0.1) is 13.2 Å². The van der Waals surface area contributed by atoms with Gasteiger partial charge >= 0.3 is 0 Å². The number of allylic oxidation sites excluding steroid dienone is 1. The first-order valence-electron chi connectivity index (χ1n) is 11.2. The first kappa shape index (κ1) is 23.4. The Morgan fingerprint density at radius 3 is 2.10 bits per heavy atom. The summed E-state index contributed by atoms with van der Waals surface area (Å²) in [7, 11) is 0.0429. The largest absolute Gasteiger partial charge is 0.497 e. The topological polar surface area (TPSA) is 18.5 Å². The average Bonchev–Trinajstić information content (AvgIpc) is 2.79. The molecule has 2 aromatic carbocycles. The van der Waals surface area contributed by atoms with Crippen LogP contribution in [0, 0.1) is 0 Å². The van der Waals surface area contributed by atoms with Crippen molar-refractivity contribution in [2.45, 2.75) is 70.7 Å². The number of unbranched alkanes of at least 4 members (excludes halogenated alkanes) is 1. The molecular formula is C26H38O2Si. The van der Waals surface area contributed by atoms with E-state index in [-0.39, 0.29) is 6.10 Å². The molecule has 0 saturated heterocycles. The molecule has 0 bridgehead atoms. The Kier molecular flexibility index (Phi) is 10.2. The van der Waals surface area contributed by atoms with E-state index in [0.717, 1.165) is 25.0 Å². The van der Waals surface area contributed by atoms with Gasteiger partial charge in [-0.1, -0.05) is 75.4 Å². The second kappa shape index (κ2) is 12.7. The van der Waals surface area contributed by atoms with E-state index in [9.17, 15) is 0 Å². The molecule has 0 amide bonds. The minimum absolute atomic E-state index is 0.137. The average molecular weight is 411 g/mol. The van der Waals surface area contributed by atoms with Crippen LogP contribution in [0.2, 0.25) is 18.1 Å². The predicted octanol–water partition coefficient (Wildman–Crippen LogP) is 7.73. The molecule has 158 valence electrons. The van der Waals surface area contributed by atoms with Gasteiger partial charge in [-0.3, -0.25) is 0 Å². The van der Waals surface area contributed by atoms with E-state index in [2.05, 4.69) is 75.4 Å². The van der Waals surface area contributed by atoms with Crippen molar-refractivity contribution in [1.29, 1.82) is 0 Å². The summed E-state index contributed by atoms with van der Waals surface area (Å²) in [6.45, 7) is 6.89. The fourth-order valence-corrected chi connectivity index (χ4v) is 6.61. The molecule has 0 aromatic heterocycles. The van der Waals surface area contributed by atoms with Crippen LogP contribution < -0.4 is 4.74 Å². The maximum atomic E-state index is 6.87. The van der Waals surface area contributed by atoms with E-state index in [4.69, 9.17) is 9.16 Å². The highest BCUT2D eigenvalue weighted by Crippen LogP contribution is 2.32. The number of methoxy groups -OCH3 is 1. The highest BCUT2D eigenvalue weighted by atomic mass is 28.4. The van der Waals surface area contributed by atoms with Crippen molar-refractivity contribution in [3.8, 4) is 5.75 Å². The van der Waals surface area contributed by atoms with Gasteiger partial charge in [-0.25, -0.2) is 0 Å². The zero-order valence-electron chi connectivity index (χ0n) is 18.7. The van der Waals surface area contributed by atoms with E-state index < -0.39 is 8.32 Å². The molecule has 0 spiro atoms. The van der Waals surface area contributed by atoms with Crippen LogP contribution >= 0.6 is 0 Å². The molecule has 0 heterocycles. The van der Waals surface area contributed by atoms with E-state index in [1.54, 1.807) is 7.11 Å². The quantitative estimate of drug-likeness (QED) is 0.191. The molecule has 2 nitrogen and oxygen atoms in total. The molecule has 2 rings (SSSR count). The minimum Gasteiger partial charge on any atom is -0.497 e. The van der Waals surface area contributed by atoms with Crippen molar-refractivity contribution in [3.05, 3.63) is 77.9 Å². The van der Waals surface area contributed by atoms with Gasteiger partial charge in [0.1, 0.15) is 5.75 Å². The number of rotatable bonds is 13. The highest BCUT2D eigenvalue weighted by Gasteiger charge is 2.32. The molecule has 3 heteroatoms. The number of benzene rings is 2. The highest BCUT2D eigenvalue weighted by molar-refractivity contribution is 6.73. The lowest BCUT2D eigenvalue weighted by Gasteiger charge is -2.33. The molecule has 0 fully saturated rings. The Hall–Kier alpha value is -1.84. The summed E-state index contributed by atoms with van der Waals surface area (Å²) in [5.74, 6) is 0.897. The van der Waals surface area contributed by atoms with Crippen molar-refractivity contribution in [2.75, 3.05) is 7.11 Å². The van der Waals surface area contributed by atoms with Gasteiger partial charge in [0, 0.05) is 0 Å². The molecule has 29 heavy (non-hydrogen) atoms.